The van der Waals surface area contributed by atoms with Crippen LogP contribution in [0, 0.1) is 0 Å². The predicted molar refractivity (Wildman–Crippen MR) is 168 cm³/mol. The van der Waals surface area contributed by atoms with Crippen molar-refractivity contribution in [2.75, 3.05) is 52.9 Å². The van der Waals surface area contributed by atoms with Gasteiger partial charge in [-0.25, -0.2) is 9.59 Å². The van der Waals surface area contributed by atoms with Crippen molar-refractivity contribution in [1.29, 1.82) is 0 Å². The number of epoxide rings is 1. The van der Waals surface area contributed by atoms with Crippen LogP contribution in [0.25, 0.3) is 11.1 Å². The van der Waals surface area contributed by atoms with Crippen LogP contribution in [0.15, 0.2) is 48.5 Å². The van der Waals surface area contributed by atoms with Gasteiger partial charge < -0.3 is 37.0 Å². The van der Waals surface area contributed by atoms with Crippen molar-refractivity contribution in [3.05, 3.63) is 59.7 Å². The standard InChI is InChI=1S/C33H46O11Si/c1-5-37-21-30(44-31(34)11-9-10-20-45(41-6-2,42-7-3)43-8-4)24-40-33(36)28-18-14-26(15-19-28)25-12-16-27(17-13-25)32(35)39-23-29-22-38-29/h12-19,29-30H,5-11,20-24H2,1-4H3. The largest absolute Gasteiger partial charge is 0.500 e. The van der Waals surface area contributed by atoms with Crippen molar-refractivity contribution in [2.24, 2.45) is 0 Å². The van der Waals surface area contributed by atoms with Gasteiger partial charge in [0.05, 0.1) is 24.3 Å². The van der Waals surface area contributed by atoms with E-state index in [0.29, 0.717) is 63.0 Å². The normalized spacial score (nSPS) is 14.9. The molecule has 2 aromatic rings. The van der Waals surface area contributed by atoms with E-state index in [9.17, 15) is 14.4 Å². The number of carbonyl (C=O) groups is 3. The van der Waals surface area contributed by atoms with Crippen LogP contribution in [-0.4, -0.2) is 91.8 Å². The highest BCUT2D eigenvalue weighted by molar-refractivity contribution is 6.60. The van der Waals surface area contributed by atoms with Gasteiger partial charge in [-0.05, 0) is 75.9 Å². The lowest BCUT2D eigenvalue weighted by Crippen LogP contribution is -2.45. The Morgan fingerprint density at radius 3 is 1.78 bits per heavy atom. The zero-order valence-electron chi connectivity index (χ0n) is 26.7. The topological polar surface area (TPSA) is 128 Å². The average Bonchev–Trinajstić information content (AvgIpc) is 3.88. The maximum absolute atomic E-state index is 12.8. The van der Waals surface area contributed by atoms with E-state index in [1.54, 1.807) is 36.4 Å². The van der Waals surface area contributed by atoms with Crippen LogP contribution in [-0.2, 0) is 41.8 Å². The second-order valence-corrected chi connectivity index (χ2v) is 13.0. The van der Waals surface area contributed by atoms with E-state index in [-0.39, 0.29) is 32.3 Å². The fraction of sp³-hybridized carbons (Fsp3) is 0.545. The molecule has 1 fully saturated rings. The molecule has 12 heteroatoms. The smallest absolute Gasteiger partial charge is 0.459 e. The summed E-state index contributed by atoms with van der Waals surface area (Å²) in [6.07, 6.45) is 0.754. The van der Waals surface area contributed by atoms with Gasteiger partial charge in [-0.2, -0.15) is 0 Å². The SMILES string of the molecule is CCOCC(COC(=O)c1ccc(-c2ccc(C(=O)OCC3CO3)cc2)cc1)OC(=O)CCCC[Si](OCC)(OCC)OCC. The van der Waals surface area contributed by atoms with E-state index in [0.717, 1.165) is 11.1 Å². The minimum Gasteiger partial charge on any atom is -0.459 e. The molecule has 0 saturated carbocycles. The Morgan fingerprint density at radius 2 is 1.29 bits per heavy atom. The quantitative estimate of drug-likeness (QED) is 0.0548. The van der Waals surface area contributed by atoms with E-state index < -0.39 is 32.8 Å². The van der Waals surface area contributed by atoms with Crippen LogP contribution in [0.3, 0.4) is 0 Å². The molecule has 2 unspecified atom stereocenters. The summed E-state index contributed by atoms with van der Waals surface area (Å²) >= 11 is 0. The number of ether oxygens (including phenoxy) is 5. The monoisotopic (exact) mass is 646 g/mol. The Kier molecular flexibility index (Phi) is 15.7. The highest BCUT2D eigenvalue weighted by Crippen LogP contribution is 2.22. The van der Waals surface area contributed by atoms with Crippen LogP contribution in [0.4, 0.5) is 0 Å². The van der Waals surface area contributed by atoms with Crippen molar-refractivity contribution < 1.29 is 51.3 Å². The number of hydrogen-bond donors (Lipinski definition) is 0. The van der Waals surface area contributed by atoms with Gasteiger partial charge in [0.2, 0.25) is 0 Å². The van der Waals surface area contributed by atoms with Crippen molar-refractivity contribution in [3.63, 3.8) is 0 Å². The lowest BCUT2D eigenvalue weighted by atomic mass is 10.0. The molecule has 0 aromatic heterocycles. The van der Waals surface area contributed by atoms with E-state index in [4.69, 9.17) is 37.0 Å². The Balaban J connectivity index is 1.46. The molecule has 2 atom stereocenters. The van der Waals surface area contributed by atoms with Crippen molar-refractivity contribution >= 4 is 26.7 Å². The lowest BCUT2D eigenvalue weighted by Gasteiger charge is -2.28. The van der Waals surface area contributed by atoms with E-state index >= 15 is 0 Å². The molecule has 0 aliphatic carbocycles. The molecule has 0 radical (unpaired) electrons. The third kappa shape index (κ3) is 12.6. The summed E-state index contributed by atoms with van der Waals surface area (Å²) in [4.78, 5) is 37.5. The number of unbranched alkanes of at least 4 members (excludes halogenated alkanes) is 1. The van der Waals surface area contributed by atoms with Gasteiger partial charge in [0, 0.05) is 38.9 Å². The van der Waals surface area contributed by atoms with E-state index in [1.807, 2.05) is 39.8 Å². The first-order chi connectivity index (χ1) is 21.8. The molecule has 1 aliphatic rings. The molecular formula is C33H46O11Si. The molecule has 1 aliphatic heterocycles. The van der Waals surface area contributed by atoms with Gasteiger partial charge in [-0.3, -0.25) is 4.79 Å². The van der Waals surface area contributed by atoms with Crippen LogP contribution >= 0.6 is 0 Å². The molecule has 3 rings (SSSR count). The highest BCUT2D eigenvalue weighted by atomic mass is 28.4. The third-order valence-corrected chi connectivity index (χ3v) is 9.94. The molecule has 1 heterocycles. The molecule has 2 aromatic carbocycles. The third-order valence-electron chi connectivity index (χ3n) is 6.79. The molecule has 1 saturated heterocycles. The second kappa shape index (κ2) is 19.4. The molecule has 11 nitrogen and oxygen atoms in total. The molecule has 0 bridgehead atoms. The van der Waals surface area contributed by atoms with Crippen LogP contribution < -0.4 is 0 Å². The van der Waals surface area contributed by atoms with Crippen LogP contribution in [0.1, 0.15) is 67.7 Å². The number of rotatable bonds is 22. The van der Waals surface area contributed by atoms with Gasteiger partial charge in [-0.15, -0.1) is 0 Å². The van der Waals surface area contributed by atoms with Gasteiger partial charge in [0.1, 0.15) is 19.3 Å². The lowest BCUT2D eigenvalue weighted by molar-refractivity contribution is -0.155. The van der Waals surface area contributed by atoms with Crippen molar-refractivity contribution in [3.8, 4) is 11.1 Å². The molecule has 0 spiro atoms. The Hall–Kier alpha value is -3.13. The second-order valence-electron chi connectivity index (χ2n) is 10.3. The fourth-order valence-electron chi connectivity index (χ4n) is 4.49. The number of hydrogen-bond acceptors (Lipinski definition) is 11. The number of esters is 3. The minimum atomic E-state index is -2.76. The van der Waals surface area contributed by atoms with Crippen LogP contribution in [0.5, 0.6) is 0 Å². The van der Waals surface area contributed by atoms with E-state index in [1.165, 1.54) is 0 Å². The summed E-state index contributed by atoms with van der Waals surface area (Å²) in [6.45, 7) is 10.4. The minimum absolute atomic E-state index is 0.0148. The fourth-order valence-corrected chi connectivity index (χ4v) is 7.17. The Labute approximate surface area is 266 Å². The first kappa shape index (κ1) is 36.3. The molecule has 45 heavy (non-hydrogen) atoms. The first-order valence-electron chi connectivity index (χ1n) is 15.7. The van der Waals surface area contributed by atoms with Gasteiger partial charge >= 0.3 is 26.7 Å². The highest BCUT2D eigenvalue weighted by Gasteiger charge is 2.39. The zero-order chi connectivity index (χ0) is 32.5. The summed E-state index contributed by atoms with van der Waals surface area (Å²) in [5.74, 6) is -1.33. The van der Waals surface area contributed by atoms with Crippen LogP contribution in [0.2, 0.25) is 6.04 Å². The van der Waals surface area contributed by atoms with Gasteiger partial charge in [0.25, 0.3) is 0 Å². The predicted octanol–water partition coefficient (Wildman–Crippen LogP) is 5.23. The summed E-state index contributed by atoms with van der Waals surface area (Å²) in [7, 11) is -2.76. The Morgan fingerprint density at radius 1 is 0.756 bits per heavy atom. The average molecular weight is 647 g/mol. The van der Waals surface area contributed by atoms with Gasteiger partial charge in [-0.1, -0.05) is 24.3 Å². The maximum atomic E-state index is 12.8. The molecule has 248 valence electrons. The summed E-state index contributed by atoms with van der Waals surface area (Å²) in [5.41, 5.74) is 2.55. The number of benzene rings is 2. The molecule has 0 N–H and O–H groups in total. The number of carbonyl (C=O) groups excluding carboxylic acids is 3. The summed E-state index contributed by atoms with van der Waals surface area (Å²) in [6, 6.07) is 14.6. The summed E-state index contributed by atoms with van der Waals surface area (Å²) in [5, 5.41) is 0. The van der Waals surface area contributed by atoms with E-state index in [2.05, 4.69) is 0 Å². The molecular weight excluding hydrogens is 600 g/mol. The zero-order valence-corrected chi connectivity index (χ0v) is 27.7. The molecule has 0 amide bonds. The van der Waals surface area contributed by atoms with Crippen molar-refractivity contribution in [2.45, 2.75) is 65.2 Å². The first-order valence-corrected chi connectivity index (χ1v) is 17.6. The van der Waals surface area contributed by atoms with Crippen molar-refractivity contribution in [1.82, 2.24) is 0 Å². The summed E-state index contributed by atoms with van der Waals surface area (Å²) < 4.78 is 44.4. The van der Waals surface area contributed by atoms with Gasteiger partial charge in [0.15, 0.2) is 6.10 Å². The Bertz CT molecular complexity index is 1170. The maximum Gasteiger partial charge on any atom is 0.500 e.